The molecule has 36 heavy (non-hydrogen) atoms. The van der Waals surface area contributed by atoms with Crippen LogP contribution < -0.4 is 5.73 Å². The Morgan fingerprint density at radius 3 is 2.69 bits per heavy atom. The average Bonchev–Trinajstić information content (AvgIpc) is 3.29. The van der Waals surface area contributed by atoms with Gasteiger partial charge in [-0.25, -0.2) is 13.8 Å². The molecule has 0 saturated carbocycles. The fraction of sp³-hybridized carbons (Fsp3) is 0.400. The third-order valence-corrected chi connectivity index (χ3v) is 8.26. The number of alkyl halides is 1. The van der Waals surface area contributed by atoms with Crippen molar-refractivity contribution >= 4 is 34.7 Å². The van der Waals surface area contributed by atoms with E-state index in [1.54, 1.807) is 20.8 Å². The molecule has 0 aliphatic carbocycles. The normalized spacial score (nSPS) is 28.5. The van der Waals surface area contributed by atoms with Gasteiger partial charge in [0, 0.05) is 30.4 Å². The highest BCUT2D eigenvalue weighted by Crippen LogP contribution is 2.51. The number of hydrogen-bond acceptors (Lipinski definition) is 7. The molecule has 2 aliphatic heterocycles. The number of halogens is 3. The lowest BCUT2D eigenvalue weighted by Gasteiger charge is -2.47. The third kappa shape index (κ3) is 4.57. The molecule has 11 heteroatoms. The molecule has 7 nitrogen and oxygen atoms in total. The van der Waals surface area contributed by atoms with Crippen LogP contribution in [0.5, 0.6) is 0 Å². The fourth-order valence-corrected chi connectivity index (χ4v) is 5.94. The number of amidine groups is 1. The van der Waals surface area contributed by atoms with Gasteiger partial charge in [0.25, 0.3) is 0 Å². The van der Waals surface area contributed by atoms with Crippen molar-refractivity contribution in [3.8, 4) is 6.07 Å². The summed E-state index contributed by atoms with van der Waals surface area (Å²) in [6, 6.07) is 6.14. The number of aliphatic imine (C=N–C) groups is 1. The molecule has 2 aliphatic rings. The summed E-state index contributed by atoms with van der Waals surface area (Å²) >= 11 is 1.08. The Morgan fingerprint density at radius 1 is 1.33 bits per heavy atom. The van der Waals surface area contributed by atoms with Crippen molar-refractivity contribution in [1.82, 2.24) is 14.9 Å². The summed E-state index contributed by atoms with van der Waals surface area (Å²) in [6.45, 7) is 5.45. The minimum atomic E-state index is -1.31. The second kappa shape index (κ2) is 9.58. The first-order valence-electron chi connectivity index (χ1n) is 11.4. The van der Waals surface area contributed by atoms with E-state index in [9.17, 15) is 13.6 Å². The summed E-state index contributed by atoms with van der Waals surface area (Å²) in [4.78, 5) is 27.2. The van der Waals surface area contributed by atoms with E-state index in [2.05, 4.69) is 15.0 Å². The first-order valence-corrected chi connectivity index (χ1v) is 12.2. The van der Waals surface area contributed by atoms with Crippen LogP contribution in [0, 0.1) is 23.2 Å². The summed E-state index contributed by atoms with van der Waals surface area (Å²) in [5.41, 5.74) is 5.43. The fourth-order valence-electron chi connectivity index (χ4n) is 4.65. The molecular formula is C25H25F3N6OS. The molecule has 0 aromatic carbocycles. The van der Waals surface area contributed by atoms with Gasteiger partial charge in [-0.15, -0.1) is 0 Å². The van der Waals surface area contributed by atoms with Gasteiger partial charge in [-0.3, -0.25) is 14.8 Å². The largest absolute Gasteiger partial charge is 0.378 e. The zero-order chi connectivity index (χ0) is 26.3. The second-order valence-electron chi connectivity index (χ2n) is 9.31. The van der Waals surface area contributed by atoms with Crippen LogP contribution >= 0.6 is 11.8 Å². The molecule has 2 aromatic heterocycles. The van der Waals surface area contributed by atoms with Crippen molar-refractivity contribution in [2.45, 2.75) is 43.6 Å². The van der Waals surface area contributed by atoms with Gasteiger partial charge >= 0.3 is 0 Å². The standard InChI is InChI=1S/C25H25F3N6OS/c1-14-24(2,33-23(30)36-25(14,3)22(35)34-7-6-17(26)13-34)18-8-16(12-32-21(18)28)9-19(27)20-5-4-15(10-29)11-31-20/h4-5,8-9,11-12,14,17H,6-7,13H2,1-3H3,(H2,30,33)/b19-9-/t14-,17+,24-,25-/m0/s1. The van der Waals surface area contributed by atoms with Crippen LogP contribution in [0.1, 0.15) is 49.6 Å². The molecule has 4 atom stereocenters. The second-order valence-corrected chi connectivity index (χ2v) is 10.8. The van der Waals surface area contributed by atoms with Crippen molar-refractivity contribution in [2.75, 3.05) is 13.1 Å². The molecule has 1 amide bonds. The van der Waals surface area contributed by atoms with E-state index in [1.807, 2.05) is 6.07 Å². The zero-order valence-electron chi connectivity index (χ0n) is 20.0. The predicted molar refractivity (Wildman–Crippen MR) is 132 cm³/mol. The van der Waals surface area contributed by atoms with Gasteiger partial charge in [-0.2, -0.15) is 9.65 Å². The Kier molecular flexibility index (Phi) is 6.84. The number of rotatable bonds is 4. The first kappa shape index (κ1) is 25.7. The molecule has 4 heterocycles. The summed E-state index contributed by atoms with van der Waals surface area (Å²) in [5.74, 6) is -2.38. The van der Waals surface area contributed by atoms with E-state index >= 15 is 4.39 Å². The summed E-state index contributed by atoms with van der Waals surface area (Å²) in [5, 5.41) is 8.98. The molecular weight excluding hydrogens is 489 g/mol. The molecule has 2 N–H and O–H groups in total. The molecule has 0 spiro atoms. The lowest BCUT2D eigenvalue weighted by atomic mass is 9.73. The smallest absolute Gasteiger partial charge is 0.239 e. The molecule has 2 aromatic rings. The Hall–Kier alpha value is -3.39. The molecule has 4 rings (SSSR count). The average molecular weight is 515 g/mol. The Morgan fingerprint density at radius 2 is 2.08 bits per heavy atom. The number of pyridine rings is 2. The SMILES string of the molecule is C[C@@H]1[C@@](C)(C(=O)N2CC[C@@H](F)C2)SC(N)=N[C@]1(C)c1cc(/C=C(\F)c2ccc(C#N)cn2)cnc1F. The topological polar surface area (TPSA) is 108 Å². The van der Waals surface area contributed by atoms with E-state index in [-0.39, 0.29) is 40.9 Å². The monoisotopic (exact) mass is 514 g/mol. The van der Waals surface area contributed by atoms with Crippen LogP contribution in [0.3, 0.4) is 0 Å². The van der Waals surface area contributed by atoms with E-state index in [0.717, 1.165) is 17.8 Å². The van der Waals surface area contributed by atoms with E-state index in [1.165, 1.54) is 35.5 Å². The summed E-state index contributed by atoms with van der Waals surface area (Å²) in [6.07, 6.45) is 2.77. The van der Waals surface area contributed by atoms with Crippen LogP contribution in [0.15, 0.2) is 35.6 Å². The van der Waals surface area contributed by atoms with Gasteiger partial charge in [0.2, 0.25) is 11.9 Å². The molecule has 1 saturated heterocycles. The van der Waals surface area contributed by atoms with Crippen LogP contribution in [0.4, 0.5) is 13.2 Å². The molecule has 188 valence electrons. The predicted octanol–water partition coefficient (Wildman–Crippen LogP) is 4.20. The number of nitrogens with two attached hydrogens (primary N) is 1. The van der Waals surface area contributed by atoms with Crippen LogP contribution in [0.25, 0.3) is 11.9 Å². The van der Waals surface area contributed by atoms with Gasteiger partial charge in [0.1, 0.15) is 22.8 Å². The van der Waals surface area contributed by atoms with Crippen molar-refractivity contribution < 1.29 is 18.0 Å². The number of nitrogens with zero attached hydrogens (tertiary/aromatic N) is 5. The summed E-state index contributed by atoms with van der Waals surface area (Å²) < 4.78 is 42.7. The minimum Gasteiger partial charge on any atom is -0.378 e. The van der Waals surface area contributed by atoms with E-state index in [4.69, 9.17) is 11.0 Å². The third-order valence-electron chi connectivity index (χ3n) is 7.01. The van der Waals surface area contributed by atoms with E-state index in [0.29, 0.717) is 12.1 Å². The quantitative estimate of drug-likeness (QED) is 0.613. The lowest BCUT2D eigenvalue weighted by molar-refractivity contribution is -0.134. The van der Waals surface area contributed by atoms with E-state index < -0.39 is 34.2 Å². The van der Waals surface area contributed by atoms with Crippen LogP contribution in [0.2, 0.25) is 0 Å². The Balaban J connectivity index is 1.71. The highest BCUT2D eigenvalue weighted by molar-refractivity contribution is 8.15. The van der Waals surface area contributed by atoms with Crippen molar-refractivity contribution in [2.24, 2.45) is 16.6 Å². The molecule has 0 radical (unpaired) electrons. The van der Waals surface area contributed by atoms with Crippen LogP contribution in [-0.4, -0.2) is 50.0 Å². The molecule has 0 unspecified atom stereocenters. The van der Waals surface area contributed by atoms with Gasteiger partial charge in [-0.1, -0.05) is 18.7 Å². The van der Waals surface area contributed by atoms with Gasteiger partial charge in [0.05, 0.1) is 23.3 Å². The molecule has 0 bridgehead atoms. The maximum absolute atomic E-state index is 15.1. The highest BCUT2D eigenvalue weighted by Gasteiger charge is 2.55. The van der Waals surface area contributed by atoms with Crippen molar-refractivity contribution in [3.63, 3.8) is 0 Å². The Bertz CT molecular complexity index is 1290. The highest BCUT2D eigenvalue weighted by atomic mass is 32.2. The maximum Gasteiger partial charge on any atom is 0.239 e. The van der Waals surface area contributed by atoms with Gasteiger partial charge in [0.15, 0.2) is 5.17 Å². The Labute approximate surface area is 211 Å². The number of carbonyl (C=O) groups excluding carboxylic acids is 1. The van der Waals surface area contributed by atoms with Gasteiger partial charge in [-0.05, 0) is 50.1 Å². The number of hydrogen-bond donors (Lipinski definition) is 1. The number of thioether (sulfide) groups is 1. The number of carbonyl (C=O) groups is 1. The lowest BCUT2D eigenvalue weighted by Crippen LogP contribution is -2.57. The maximum atomic E-state index is 15.1. The van der Waals surface area contributed by atoms with Crippen molar-refractivity contribution in [3.05, 3.63) is 58.9 Å². The number of amides is 1. The number of aromatic nitrogens is 2. The first-order chi connectivity index (χ1) is 17.0. The van der Waals surface area contributed by atoms with Gasteiger partial charge < -0.3 is 10.6 Å². The molecule has 1 fully saturated rings. The number of likely N-dealkylation sites (tertiary alicyclic amines) is 1. The van der Waals surface area contributed by atoms with Crippen molar-refractivity contribution in [1.29, 1.82) is 5.26 Å². The van der Waals surface area contributed by atoms with Crippen LogP contribution in [-0.2, 0) is 10.3 Å². The minimum absolute atomic E-state index is 0.00531. The summed E-state index contributed by atoms with van der Waals surface area (Å²) in [7, 11) is 0. The zero-order valence-corrected chi connectivity index (χ0v) is 20.8. The number of nitriles is 1.